The number of thiazole rings is 1. The van der Waals surface area contributed by atoms with Crippen molar-refractivity contribution in [3.8, 4) is 0 Å². The predicted molar refractivity (Wildman–Crippen MR) is 86.2 cm³/mol. The van der Waals surface area contributed by atoms with Gasteiger partial charge in [-0.2, -0.15) is 0 Å². The molecule has 7 nitrogen and oxygen atoms in total. The summed E-state index contributed by atoms with van der Waals surface area (Å²) in [4.78, 5) is 30.5. The fraction of sp³-hybridized carbons (Fsp3) is 0.400. The van der Waals surface area contributed by atoms with E-state index in [1.165, 1.54) is 11.3 Å². The third-order valence-corrected chi connectivity index (χ3v) is 4.54. The number of furan rings is 1. The van der Waals surface area contributed by atoms with Crippen molar-refractivity contribution in [1.82, 2.24) is 15.2 Å². The molecular weight excluding hydrogens is 316 g/mol. The van der Waals surface area contributed by atoms with Gasteiger partial charge in [0.2, 0.25) is 5.91 Å². The van der Waals surface area contributed by atoms with Crippen molar-refractivity contribution in [2.45, 2.75) is 32.4 Å². The number of nitrogens with zero attached hydrogens (tertiary/aromatic N) is 2. The number of likely N-dealkylation sites (tertiary alicyclic amines) is 1. The lowest BCUT2D eigenvalue weighted by atomic mass is 10.2. The minimum atomic E-state index is -0.453. The molecule has 0 saturated carbocycles. The molecule has 2 aromatic heterocycles. The number of aryl methyl sites for hydroxylation is 1. The highest BCUT2D eigenvalue weighted by atomic mass is 32.1. The third-order valence-electron chi connectivity index (χ3n) is 3.67. The lowest BCUT2D eigenvalue weighted by Crippen LogP contribution is -2.47. The van der Waals surface area contributed by atoms with Crippen LogP contribution in [0.3, 0.4) is 0 Å². The minimum absolute atomic E-state index is 0.163. The molecule has 2 N–H and O–H groups in total. The smallest absolute Gasteiger partial charge is 0.324 e. The topological polar surface area (TPSA) is 87.5 Å². The molecule has 1 aliphatic rings. The molecule has 0 spiro atoms. The number of nitrogens with one attached hydrogen (secondary N) is 2. The minimum Gasteiger partial charge on any atom is -0.467 e. The molecule has 1 atom stereocenters. The van der Waals surface area contributed by atoms with Gasteiger partial charge in [0.25, 0.3) is 0 Å². The molecule has 0 aliphatic carbocycles. The first kappa shape index (κ1) is 15.5. The molecule has 3 rings (SSSR count). The Morgan fingerprint density at radius 3 is 3.09 bits per heavy atom. The van der Waals surface area contributed by atoms with Crippen LogP contribution in [-0.2, 0) is 11.3 Å². The average Bonchev–Trinajstić information content (AvgIpc) is 3.26. The summed E-state index contributed by atoms with van der Waals surface area (Å²) in [5, 5.41) is 7.99. The number of hydrogen-bond donors (Lipinski definition) is 2. The summed E-state index contributed by atoms with van der Waals surface area (Å²) in [5.41, 5.74) is 0.861. The number of urea groups is 1. The Kier molecular flexibility index (Phi) is 4.61. The second kappa shape index (κ2) is 6.82. The second-order valence-corrected chi connectivity index (χ2v) is 6.23. The quantitative estimate of drug-likeness (QED) is 0.898. The van der Waals surface area contributed by atoms with Crippen molar-refractivity contribution in [3.63, 3.8) is 0 Å². The lowest BCUT2D eigenvalue weighted by Gasteiger charge is -2.23. The van der Waals surface area contributed by atoms with E-state index >= 15 is 0 Å². The summed E-state index contributed by atoms with van der Waals surface area (Å²) in [6, 6.07) is 2.83. The van der Waals surface area contributed by atoms with Crippen LogP contribution in [0.25, 0.3) is 0 Å². The molecule has 0 radical (unpaired) electrons. The van der Waals surface area contributed by atoms with Crippen molar-refractivity contribution >= 4 is 28.4 Å². The van der Waals surface area contributed by atoms with Gasteiger partial charge in [-0.25, -0.2) is 9.78 Å². The number of carbonyl (C=O) groups is 2. The highest BCUT2D eigenvalue weighted by Crippen LogP contribution is 2.21. The standard InChI is InChI=1S/C15H18N4O3S/c1-10-9-23-14(17-10)18-15(21)19-6-2-5-12(19)13(20)16-8-11-4-3-7-22-11/h3-4,7,9,12H,2,5-6,8H2,1H3,(H,16,20)(H,17,18,21)/t12-/m0/s1. The molecule has 1 saturated heterocycles. The lowest BCUT2D eigenvalue weighted by molar-refractivity contribution is -0.124. The molecule has 2 aromatic rings. The largest absolute Gasteiger partial charge is 0.467 e. The van der Waals surface area contributed by atoms with Crippen LogP contribution in [0.2, 0.25) is 0 Å². The van der Waals surface area contributed by atoms with Crippen molar-refractivity contribution in [2.24, 2.45) is 0 Å². The predicted octanol–water partition coefficient (Wildman–Crippen LogP) is 2.36. The van der Waals surface area contributed by atoms with E-state index in [0.717, 1.165) is 12.1 Å². The van der Waals surface area contributed by atoms with Gasteiger partial charge in [0.05, 0.1) is 18.5 Å². The summed E-state index contributed by atoms with van der Waals surface area (Å²) in [7, 11) is 0. The van der Waals surface area contributed by atoms with Gasteiger partial charge in [0.1, 0.15) is 11.8 Å². The maximum atomic E-state index is 12.4. The summed E-state index contributed by atoms with van der Waals surface area (Å²) >= 11 is 1.37. The summed E-state index contributed by atoms with van der Waals surface area (Å²) in [6.45, 7) is 2.76. The number of aromatic nitrogens is 1. The molecule has 8 heteroatoms. The number of carbonyl (C=O) groups excluding carboxylic acids is 2. The van der Waals surface area contributed by atoms with Crippen LogP contribution in [0.5, 0.6) is 0 Å². The maximum absolute atomic E-state index is 12.4. The Morgan fingerprint density at radius 2 is 2.39 bits per heavy atom. The van der Waals surface area contributed by atoms with Gasteiger partial charge in [-0.05, 0) is 31.9 Å². The highest BCUT2D eigenvalue weighted by Gasteiger charge is 2.34. The molecular formula is C15H18N4O3S. The van der Waals surface area contributed by atoms with Crippen LogP contribution in [0.4, 0.5) is 9.93 Å². The Bertz CT molecular complexity index is 683. The first-order valence-corrected chi connectivity index (χ1v) is 8.31. The number of anilines is 1. The van der Waals surface area contributed by atoms with E-state index < -0.39 is 6.04 Å². The van der Waals surface area contributed by atoms with Crippen molar-refractivity contribution in [3.05, 3.63) is 35.2 Å². The summed E-state index contributed by atoms with van der Waals surface area (Å²) in [5.74, 6) is 0.523. The molecule has 0 aromatic carbocycles. The molecule has 0 bridgehead atoms. The molecule has 1 fully saturated rings. The Balaban J connectivity index is 1.58. The highest BCUT2D eigenvalue weighted by molar-refractivity contribution is 7.13. The van der Waals surface area contributed by atoms with Crippen LogP contribution in [0, 0.1) is 6.92 Å². The van der Waals surface area contributed by atoms with E-state index in [9.17, 15) is 9.59 Å². The van der Waals surface area contributed by atoms with Gasteiger partial charge in [0.15, 0.2) is 5.13 Å². The van der Waals surface area contributed by atoms with Gasteiger partial charge in [-0.1, -0.05) is 0 Å². The normalized spacial score (nSPS) is 17.3. The molecule has 3 amide bonds. The Morgan fingerprint density at radius 1 is 1.52 bits per heavy atom. The fourth-order valence-corrected chi connectivity index (χ4v) is 3.24. The van der Waals surface area contributed by atoms with E-state index in [-0.39, 0.29) is 11.9 Å². The molecule has 1 aliphatic heterocycles. The molecule has 3 heterocycles. The van der Waals surface area contributed by atoms with Gasteiger partial charge in [-0.15, -0.1) is 11.3 Å². The van der Waals surface area contributed by atoms with Gasteiger partial charge in [-0.3, -0.25) is 10.1 Å². The number of amides is 3. The van der Waals surface area contributed by atoms with Crippen molar-refractivity contribution in [1.29, 1.82) is 0 Å². The van der Waals surface area contributed by atoms with E-state index in [0.29, 0.717) is 30.4 Å². The second-order valence-electron chi connectivity index (χ2n) is 5.37. The van der Waals surface area contributed by atoms with Gasteiger partial charge in [0, 0.05) is 11.9 Å². The van der Waals surface area contributed by atoms with Crippen LogP contribution < -0.4 is 10.6 Å². The zero-order valence-electron chi connectivity index (χ0n) is 12.7. The maximum Gasteiger partial charge on any atom is 0.324 e. The van der Waals surface area contributed by atoms with Crippen LogP contribution in [0.15, 0.2) is 28.2 Å². The molecule has 122 valence electrons. The Labute approximate surface area is 137 Å². The van der Waals surface area contributed by atoms with Crippen LogP contribution >= 0.6 is 11.3 Å². The molecule has 0 unspecified atom stereocenters. The fourth-order valence-electron chi connectivity index (χ4n) is 2.56. The zero-order valence-corrected chi connectivity index (χ0v) is 13.6. The van der Waals surface area contributed by atoms with Crippen LogP contribution in [-0.4, -0.2) is 34.4 Å². The summed E-state index contributed by atoms with van der Waals surface area (Å²) < 4.78 is 5.19. The van der Waals surface area contributed by atoms with E-state index in [2.05, 4.69) is 15.6 Å². The first-order chi connectivity index (χ1) is 11.1. The van der Waals surface area contributed by atoms with Crippen LogP contribution in [0.1, 0.15) is 24.3 Å². The van der Waals surface area contributed by atoms with Gasteiger partial charge < -0.3 is 14.6 Å². The number of hydrogen-bond acceptors (Lipinski definition) is 5. The molecule has 23 heavy (non-hydrogen) atoms. The third kappa shape index (κ3) is 3.70. The SMILES string of the molecule is Cc1csc(NC(=O)N2CCC[C@H]2C(=O)NCc2ccco2)n1. The Hall–Kier alpha value is -2.35. The van der Waals surface area contributed by atoms with E-state index in [1.807, 2.05) is 12.3 Å². The average molecular weight is 334 g/mol. The number of rotatable bonds is 4. The van der Waals surface area contributed by atoms with Gasteiger partial charge >= 0.3 is 6.03 Å². The van der Waals surface area contributed by atoms with E-state index in [4.69, 9.17) is 4.42 Å². The van der Waals surface area contributed by atoms with Crippen molar-refractivity contribution < 1.29 is 14.0 Å². The van der Waals surface area contributed by atoms with Crippen molar-refractivity contribution in [2.75, 3.05) is 11.9 Å². The summed E-state index contributed by atoms with van der Waals surface area (Å²) in [6.07, 6.45) is 3.03. The van der Waals surface area contributed by atoms with E-state index in [1.54, 1.807) is 23.3 Å². The monoisotopic (exact) mass is 334 g/mol. The zero-order chi connectivity index (χ0) is 16.2. The first-order valence-electron chi connectivity index (χ1n) is 7.43.